The largest absolute Gasteiger partial charge is 0.465 e. The van der Waals surface area contributed by atoms with Crippen LogP contribution in [0.15, 0.2) is 36.7 Å². The van der Waals surface area contributed by atoms with E-state index in [9.17, 15) is 14.5 Å². The topological polar surface area (TPSA) is 164 Å². The average Bonchev–Trinajstić information content (AvgIpc) is 3.23. The monoisotopic (exact) mass is 492 g/mol. The van der Waals surface area contributed by atoms with Crippen LogP contribution in [-0.2, 0) is 43.1 Å². The second-order valence-corrected chi connectivity index (χ2v) is 9.49. The molecule has 3 aromatic rings. The summed E-state index contributed by atoms with van der Waals surface area (Å²) >= 11 is 0. The minimum Gasteiger partial charge on any atom is -0.465 e. The van der Waals surface area contributed by atoms with Gasteiger partial charge in [-0.05, 0) is 19.4 Å². The van der Waals surface area contributed by atoms with Gasteiger partial charge in [0.05, 0.1) is 38.4 Å². The van der Waals surface area contributed by atoms with Crippen molar-refractivity contribution in [3.05, 3.63) is 47.9 Å². The van der Waals surface area contributed by atoms with Crippen molar-refractivity contribution in [2.75, 3.05) is 25.3 Å². The first-order valence-electron chi connectivity index (χ1n) is 10.7. The molecule has 0 aliphatic carbocycles. The van der Waals surface area contributed by atoms with Crippen molar-refractivity contribution in [1.82, 2.24) is 24.6 Å². The molecule has 0 spiro atoms. The highest BCUT2D eigenvalue weighted by atomic mass is 31.2. The summed E-state index contributed by atoms with van der Waals surface area (Å²) < 4.78 is 31.5. The van der Waals surface area contributed by atoms with Gasteiger partial charge >= 0.3 is 5.97 Å². The van der Waals surface area contributed by atoms with Gasteiger partial charge in [-0.3, -0.25) is 9.36 Å². The van der Waals surface area contributed by atoms with Crippen LogP contribution in [0.4, 0.5) is 5.95 Å². The number of aliphatic hydroxyl groups excluding tert-OH is 1. The molecule has 0 aliphatic heterocycles. The summed E-state index contributed by atoms with van der Waals surface area (Å²) in [6, 6.07) is 8.41. The predicted molar refractivity (Wildman–Crippen MR) is 125 cm³/mol. The summed E-state index contributed by atoms with van der Waals surface area (Å²) in [6.07, 6.45) is 1.27. The van der Waals surface area contributed by atoms with Crippen LogP contribution in [0.25, 0.3) is 11.2 Å². The van der Waals surface area contributed by atoms with Crippen molar-refractivity contribution >= 4 is 30.6 Å². The first kappa shape index (κ1) is 25.7. The smallest absolute Gasteiger partial charge is 0.323 e. The number of aliphatic hydroxyl groups is 1. The summed E-state index contributed by atoms with van der Waals surface area (Å²) in [7, 11) is -3.57. The molecule has 0 saturated carbocycles. The number of nitrogen functional groups attached to an aromatic ring is 1. The third kappa shape index (κ3) is 6.81. The number of nitrogens with one attached hydrogen (secondary N) is 1. The number of hydrogen-bond donors (Lipinski definition) is 3. The zero-order valence-electron chi connectivity index (χ0n) is 19.1. The molecule has 0 radical (unpaired) electrons. The van der Waals surface area contributed by atoms with Crippen LogP contribution in [0.3, 0.4) is 0 Å². The number of hydrogen-bond acceptors (Lipinski definition) is 10. The van der Waals surface area contributed by atoms with Gasteiger partial charge in [-0.1, -0.05) is 30.3 Å². The number of nitrogens with two attached hydrogens (primary N) is 1. The maximum Gasteiger partial charge on any atom is 0.323 e. The molecule has 0 bridgehead atoms. The van der Waals surface area contributed by atoms with Crippen LogP contribution in [0.1, 0.15) is 25.1 Å². The van der Waals surface area contributed by atoms with E-state index in [-0.39, 0.29) is 38.7 Å². The quantitative estimate of drug-likeness (QED) is 0.181. The Balaban J connectivity index is 1.64. The highest BCUT2D eigenvalue weighted by Crippen LogP contribution is 2.44. The highest BCUT2D eigenvalue weighted by Gasteiger charge is 2.29. The van der Waals surface area contributed by atoms with E-state index in [0.29, 0.717) is 23.4 Å². The lowest BCUT2D eigenvalue weighted by Gasteiger charge is -2.23. The standard InChI is InChI=1S/C21H29N6O6P/c1-3-32-20(29)15(2)26-34(30,33-12-16-7-5-4-6-8-16)14-31-10-9-27-13-23-18-17(11-28)24-21(22)25-19(18)27/h4-8,13,15,28H,3,9-12,14H2,1-2H3,(H,26,30)(H2,22,24,25)/t15-,34?/m1/s1. The van der Waals surface area contributed by atoms with Crippen LogP contribution in [0.2, 0.25) is 0 Å². The molecule has 0 saturated heterocycles. The first-order valence-corrected chi connectivity index (χ1v) is 12.5. The Kier molecular flexibility index (Phi) is 9.08. The third-order valence-electron chi connectivity index (χ3n) is 4.75. The maximum absolute atomic E-state index is 13.5. The van der Waals surface area contributed by atoms with Crippen LogP contribution in [0, 0.1) is 0 Å². The molecular formula is C21H29N6O6P. The minimum absolute atomic E-state index is 0.0233. The summed E-state index contributed by atoms with van der Waals surface area (Å²) in [5, 5.41) is 12.2. The lowest BCUT2D eigenvalue weighted by molar-refractivity contribution is -0.144. The SMILES string of the molecule is CCOC(=O)[C@@H](C)NP(=O)(COCCn1cnc2c(CO)nc(N)nc21)OCc1ccccc1. The Morgan fingerprint density at radius 1 is 1.29 bits per heavy atom. The van der Waals surface area contributed by atoms with Crippen molar-refractivity contribution in [1.29, 1.82) is 0 Å². The second kappa shape index (κ2) is 12.0. The molecule has 1 unspecified atom stereocenters. The molecule has 2 atom stereocenters. The molecule has 34 heavy (non-hydrogen) atoms. The molecule has 0 fully saturated rings. The van der Waals surface area contributed by atoms with Crippen molar-refractivity contribution < 1.29 is 28.5 Å². The summed E-state index contributed by atoms with van der Waals surface area (Å²) in [4.78, 5) is 24.4. The van der Waals surface area contributed by atoms with Gasteiger partial charge in [-0.15, -0.1) is 0 Å². The lowest BCUT2D eigenvalue weighted by Crippen LogP contribution is -2.34. The zero-order chi connectivity index (χ0) is 24.6. The van der Waals surface area contributed by atoms with Gasteiger partial charge in [0.2, 0.25) is 5.95 Å². The molecule has 184 valence electrons. The molecule has 4 N–H and O–H groups in total. The molecule has 3 rings (SSSR count). The number of rotatable bonds is 13. The van der Waals surface area contributed by atoms with E-state index in [2.05, 4.69) is 20.0 Å². The number of aromatic nitrogens is 4. The van der Waals surface area contributed by atoms with Crippen molar-refractivity contribution in [3.8, 4) is 0 Å². The number of esters is 1. The average molecular weight is 492 g/mol. The Morgan fingerprint density at radius 3 is 2.76 bits per heavy atom. The van der Waals surface area contributed by atoms with Gasteiger partial charge < -0.3 is 29.4 Å². The highest BCUT2D eigenvalue weighted by molar-refractivity contribution is 7.56. The van der Waals surface area contributed by atoms with E-state index in [4.69, 9.17) is 19.7 Å². The Hall–Kier alpha value is -2.89. The molecule has 2 heterocycles. The van der Waals surface area contributed by atoms with E-state index >= 15 is 0 Å². The number of anilines is 1. The molecule has 13 heteroatoms. The van der Waals surface area contributed by atoms with Gasteiger partial charge in [0.15, 0.2) is 5.65 Å². The first-order chi connectivity index (χ1) is 16.3. The van der Waals surface area contributed by atoms with Crippen molar-refractivity contribution in [2.45, 2.75) is 39.6 Å². The number of fused-ring (bicyclic) bond motifs is 1. The van der Waals surface area contributed by atoms with E-state index < -0.39 is 19.5 Å². The molecule has 0 aliphatic rings. The Bertz CT molecular complexity index is 1140. The second-order valence-electron chi connectivity index (χ2n) is 7.37. The molecular weight excluding hydrogens is 463 g/mol. The van der Waals surface area contributed by atoms with Gasteiger partial charge in [-0.25, -0.2) is 15.1 Å². The number of carbonyl (C=O) groups excluding carboxylic acids is 1. The fourth-order valence-electron chi connectivity index (χ4n) is 3.12. The van der Waals surface area contributed by atoms with Crippen LogP contribution in [-0.4, -0.2) is 56.2 Å². The van der Waals surface area contributed by atoms with Crippen molar-refractivity contribution in [2.24, 2.45) is 0 Å². The number of carbonyl (C=O) groups is 1. The minimum atomic E-state index is -3.57. The van der Waals surface area contributed by atoms with Gasteiger partial charge in [0.25, 0.3) is 7.52 Å². The number of ether oxygens (including phenoxy) is 2. The van der Waals surface area contributed by atoms with Crippen LogP contribution in [0.5, 0.6) is 0 Å². The van der Waals surface area contributed by atoms with E-state index in [1.807, 2.05) is 30.3 Å². The van der Waals surface area contributed by atoms with Crippen molar-refractivity contribution in [3.63, 3.8) is 0 Å². The Morgan fingerprint density at radius 2 is 2.06 bits per heavy atom. The van der Waals surface area contributed by atoms with Gasteiger partial charge in [0, 0.05) is 6.54 Å². The number of imidazole rings is 1. The van der Waals surface area contributed by atoms with E-state index in [0.717, 1.165) is 5.56 Å². The molecule has 2 aromatic heterocycles. The predicted octanol–water partition coefficient (Wildman–Crippen LogP) is 1.83. The number of nitrogens with zero attached hydrogens (tertiary/aromatic N) is 4. The molecule has 0 amide bonds. The fourth-order valence-corrected chi connectivity index (χ4v) is 4.77. The normalized spacial score (nSPS) is 14.1. The van der Waals surface area contributed by atoms with Gasteiger partial charge in [-0.2, -0.15) is 4.98 Å². The fraction of sp³-hybridized carbons (Fsp3) is 0.429. The summed E-state index contributed by atoms with van der Waals surface area (Å²) in [5.74, 6) is -0.511. The number of benzene rings is 1. The van der Waals surface area contributed by atoms with Gasteiger partial charge in [0.1, 0.15) is 17.9 Å². The van der Waals surface area contributed by atoms with E-state index in [1.165, 1.54) is 6.33 Å². The summed E-state index contributed by atoms with van der Waals surface area (Å²) in [5.41, 5.74) is 7.77. The lowest BCUT2D eigenvalue weighted by atomic mass is 10.2. The van der Waals surface area contributed by atoms with E-state index in [1.54, 1.807) is 18.4 Å². The molecule has 1 aromatic carbocycles. The maximum atomic E-state index is 13.5. The van der Waals surface area contributed by atoms with Crippen LogP contribution < -0.4 is 10.8 Å². The third-order valence-corrected chi connectivity index (χ3v) is 6.60. The Labute approximate surface area is 197 Å². The summed E-state index contributed by atoms with van der Waals surface area (Å²) in [6.45, 7) is 3.70. The molecule has 12 nitrogen and oxygen atoms in total. The van der Waals surface area contributed by atoms with Crippen LogP contribution >= 0.6 is 7.52 Å². The zero-order valence-corrected chi connectivity index (χ0v) is 20.0.